The second-order valence-corrected chi connectivity index (χ2v) is 8.83. The van der Waals surface area contributed by atoms with Crippen molar-refractivity contribution in [3.05, 3.63) is 89.1 Å². The molecule has 1 heterocycles. The molecule has 0 unspecified atom stereocenters. The molecule has 1 aromatic heterocycles. The predicted octanol–water partition coefficient (Wildman–Crippen LogP) is 6.24. The van der Waals surface area contributed by atoms with Gasteiger partial charge in [-0.1, -0.05) is 24.3 Å². The van der Waals surface area contributed by atoms with Crippen LogP contribution in [0.1, 0.15) is 36.0 Å². The van der Waals surface area contributed by atoms with E-state index >= 15 is 0 Å². The van der Waals surface area contributed by atoms with Gasteiger partial charge in [-0.25, -0.2) is 9.18 Å². The Kier molecular flexibility index (Phi) is 10.5. The van der Waals surface area contributed by atoms with Crippen molar-refractivity contribution in [3.8, 4) is 0 Å². The first-order valence-corrected chi connectivity index (χ1v) is 12.4. The molecular weight excluding hydrogens is 518 g/mol. The monoisotopic (exact) mass is 549 g/mol. The van der Waals surface area contributed by atoms with Crippen molar-refractivity contribution in [2.75, 3.05) is 31.6 Å². The molecule has 3 aromatic rings. The van der Waals surface area contributed by atoms with Gasteiger partial charge in [0, 0.05) is 26.3 Å². The number of benzene rings is 2. The molecule has 0 aliphatic heterocycles. The van der Waals surface area contributed by atoms with E-state index in [0.717, 1.165) is 17.0 Å². The van der Waals surface area contributed by atoms with Gasteiger partial charge in [-0.15, -0.1) is 0 Å². The number of nitrogens with zero attached hydrogens (tertiary/aromatic N) is 2. The Balaban J connectivity index is 1.81. The molecular formula is C28H31F4N3O4. The average molecular weight is 550 g/mol. The molecule has 7 nitrogen and oxygen atoms in total. The molecule has 11 heteroatoms. The van der Waals surface area contributed by atoms with Gasteiger partial charge in [0.05, 0.1) is 17.8 Å². The molecule has 1 N–H and O–H groups in total. The smallest absolute Gasteiger partial charge is 0.418 e. The number of hydrogen-bond acceptors (Lipinski definition) is 4. The van der Waals surface area contributed by atoms with Crippen LogP contribution < -0.4 is 5.32 Å². The number of ether oxygens (including phenoxy) is 1. The highest BCUT2D eigenvalue weighted by molar-refractivity contribution is 5.93. The van der Waals surface area contributed by atoms with Crippen LogP contribution in [0.2, 0.25) is 0 Å². The number of rotatable bonds is 12. The fourth-order valence-corrected chi connectivity index (χ4v) is 3.85. The van der Waals surface area contributed by atoms with E-state index < -0.39 is 41.7 Å². The number of urea groups is 1. The van der Waals surface area contributed by atoms with Crippen molar-refractivity contribution < 1.29 is 36.3 Å². The van der Waals surface area contributed by atoms with Crippen LogP contribution in [0.15, 0.2) is 65.1 Å². The second-order valence-electron chi connectivity index (χ2n) is 8.83. The molecule has 0 fully saturated rings. The minimum absolute atomic E-state index is 0.0655. The summed E-state index contributed by atoms with van der Waals surface area (Å²) in [6, 6.07) is 12.9. The standard InChI is InChI=1S/C28H31F4N3O4/c1-3-38-16-6-15-34(27(37)33-25-8-5-4-7-24(25)28(30,31)32)19-26(36)35(18-23-14-9-20(2)39-23)17-21-10-12-22(29)13-11-21/h4-5,7-14H,3,6,15-19H2,1-2H3,(H,33,37). The van der Waals surface area contributed by atoms with Crippen LogP contribution in [0.3, 0.4) is 0 Å². The van der Waals surface area contributed by atoms with E-state index in [9.17, 15) is 27.2 Å². The van der Waals surface area contributed by atoms with Crippen molar-refractivity contribution in [1.29, 1.82) is 0 Å². The Bertz CT molecular complexity index is 1230. The number of halogens is 4. The fraction of sp³-hybridized carbons (Fsp3) is 0.357. The van der Waals surface area contributed by atoms with E-state index in [4.69, 9.17) is 9.15 Å². The lowest BCUT2D eigenvalue weighted by molar-refractivity contribution is -0.137. The molecule has 0 saturated heterocycles. The quantitative estimate of drug-likeness (QED) is 0.215. The van der Waals surface area contributed by atoms with Crippen molar-refractivity contribution >= 4 is 17.6 Å². The molecule has 0 saturated carbocycles. The molecule has 2 aromatic carbocycles. The highest BCUT2D eigenvalue weighted by atomic mass is 19.4. The summed E-state index contributed by atoms with van der Waals surface area (Å²) in [6.45, 7) is 4.17. The van der Waals surface area contributed by atoms with Crippen LogP contribution in [0.4, 0.5) is 28.0 Å². The zero-order valence-corrected chi connectivity index (χ0v) is 21.8. The largest absolute Gasteiger partial charge is 0.464 e. The Morgan fingerprint density at radius 1 is 0.974 bits per heavy atom. The van der Waals surface area contributed by atoms with Crippen LogP contribution in [0, 0.1) is 12.7 Å². The molecule has 0 radical (unpaired) electrons. The van der Waals surface area contributed by atoms with Gasteiger partial charge in [0.25, 0.3) is 0 Å². The third-order valence-corrected chi connectivity index (χ3v) is 5.79. The number of para-hydroxylation sites is 1. The van der Waals surface area contributed by atoms with E-state index in [1.807, 2.05) is 6.92 Å². The maximum atomic E-state index is 13.5. The first-order chi connectivity index (χ1) is 18.6. The molecule has 0 atom stereocenters. The number of amides is 3. The number of nitrogens with one attached hydrogen (secondary N) is 1. The topological polar surface area (TPSA) is 75.0 Å². The van der Waals surface area contributed by atoms with Gasteiger partial charge in [0.15, 0.2) is 0 Å². The van der Waals surface area contributed by atoms with Gasteiger partial charge in [-0.2, -0.15) is 13.2 Å². The number of alkyl halides is 3. The third kappa shape index (κ3) is 9.13. The molecule has 0 spiro atoms. The van der Waals surface area contributed by atoms with Crippen LogP contribution in [0.25, 0.3) is 0 Å². The molecule has 0 bridgehead atoms. The lowest BCUT2D eigenvalue weighted by Crippen LogP contribution is -2.44. The molecule has 39 heavy (non-hydrogen) atoms. The second kappa shape index (κ2) is 13.8. The molecule has 3 rings (SSSR count). The number of carbonyl (C=O) groups is 2. The van der Waals surface area contributed by atoms with Crippen LogP contribution in [-0.4, -0.2) is 48.0 Å². The minimum Gasteiger partial charge on any atom is -0.464 e. The van der Waals surface area contributed by atoms with E-state index in [2.05, 4.69) is 5.32 Å². The van der Waals surface area contributed by atoms with E-state index in [1.54, 1.807) is 31.2 Å². The molecule has 0 aliphatic rings. The SMILES string of the molecule is CCOCCCN(CC(=O)N(Cc1ccc(F)cc1)Cc1ccc(C)o1)C(=O)Nc1ccccc1C(F)(F)F. The zero-order valence-electron chi connectivity index (χ0n) is 21.8. The minimum atomic E-state index is -4.67. The maximum absolute atomic E-state index is 13.5. The van der Waals surface area contributed by atoms with Gasteiger partial charge in [-0.3, -0.25) is 4.79 Å². The Hall–Kier alpha value is -3.86. The van der Waals surface area contributed by atoms with Crippen molar-refractivity contribution in [1.82, 2.24) is 9.80 Å². The first-order valence-electron chi connectivity index (χ1n) is 12.4. The normalized spacial score (nSPS) is 11.3. The van der Waals surface area contributed by atoms with Crippen LogP contribution >= 0.6 is 0 Å². The van der Waals surface area contributed by atoms with Crippen LogP contribution in [-0.2, 0) is 28.8 Å². The highest BCUT2D eigenvalue weighted by Crippen LogP contribution is 2.34. The van der Waals surface area contributed by atoms with E-state index in [1.165, 1.54) is 29.2 Å². The third-order valence-electron chi connectivity index (χ3n) is 5.79. The Labute approximate surface area is 224 Å². The summed E-state index contributed by atoms with van der Waals surface area (Å²) in [4.78, 5) is 29.2. The van der Waals surface area contributed by atoms with Gasteiger partial charge < -0.3 is 24.3 Å². The van der Waals surface area contributed by atoms with Gasteiger partial charge in [0.2, 0.25) is 5.91 Å². The van der Waals surface area contributed by atoms with Gasteiger partial charge >= 0.3 is 12.2 Å². The Morgan fingerprint density at radius 2 is 1.69 bits per heavy atom. The van der Waals surface area contributed by atoms with Gasteiger partial charge in [-0.05, 0) is 62.2 Å². The van der Waals surface area contributed by atoms with E-state index in [0.29, 0.717) is 36.7 Å². The first kappa shape index (κ1) is 29.7. The summed E-state index contributed by atoms with van der Waals surface area (Å²) in [5, 5.41) is 2.31. The van der Waals surface area contributed by atoms with Crippen molar-refractivity contribution in [3.63, 3.8) is 0 Å². The molecule has 210 valence electrons. The number of furan rings is 1. The summed E-state index contributed by atoms with van der Waals surface area (Å²) in [6.07, 6.45) is -4.31. The predicted molar refractivity (Wildman–Crippen MR) is 137 cm³/mol. The molecule has 3 amide bonds. The van der Waals surface area contributed by atoms with E-state index in [-0.39, 0.29) is 19.6 Å². The highest BCUT2D eigenvalue weighted by Gasteiger charge is 2.34. The van der Waals surface area contributed by atoms with Crippen molar-refractivity contribution in [2.45, 2.75) is 39.5 Å². The summed E-state index contributed by atoms with van der Waals surface area (Å²) < 4.78 is 64.8. The number of aryl methyl sites for hydroxylation is 1. The summed E-state index contributed by atoms with van der Waals surface area (Å²) in [5.41, 5.74) is -0.754. The number of anilines is 1. The summed E-state index contributed by atoms with van der Waals surface area (Å²) >= 11 is 0. The summed E-state index contributed by atoms with van der Waals surface area (Å²) in [7, 11) is 0. The summed E-state index contributed by atoms with van der Waals surface area (Å²) in [5.74, 6) is 0.271. The maximum Gasteiger partial charge on any atom is 0.418 e. The lowest BCUT2D eigenvalue weighted by Gasteiger charge is -2.28. The van der Waals surface area contributed by atoms with Crippen molar-refractivity contribution in [2.24, 2.45) is 0 Å². The van der Waals surface area contributed by atoms with Crippen LogP contribution in [0.5, 0.6) is 0 Å². The lowest BCUT2D eigenvalue weighted by atomic mass is 10.1. The Morgan fingerprint density at radius 3 is 2.33 bits per heavy atom. The number of carbonyl (C=O) groups excluding carboxylic acids is 2. The molecule has 0 aliphatic carbocycles. The zero-order chi connectivity index (χ0) is 28.4. The van der Waals surface area contributed by atoms with Gasteiger partial charge in [0.1, 0.15) is 23.9 Å². The number of hydrogen-bond donors (Lipinski definition) is 1. The average Bonchev–Trinajstić information content (AvgIpc) is 3.30. The fourth-order valence-electron chi connectivity index (χ4n) is 3.85.